The molecule has 3 unspecified atom stereocenters. The van der Waals surface area contributed by atoms with Crippen LogP contribution in [-0.4, -0.2) is 65.9 Å². The molecular weight excluding hydrogens is 268 g/mol. The normalized spacial score (nSPS) is 24.3. The van der Waals surface area contributed by atoms with Crippen molar-refractivity contribution < 1.29 is 19.4 Å². The molecule has 0 aromatic heterocycles. The summed E-state index contributed by atoms with van der Waals surface area (Å²) in [6.45, 7) is 2.98. The van der Waals surface area contributed by atoms with Gasteiger partial charge in [0.25, 0.3) is 0 Å². The molecular formula is C12H22N2O4S. The van der Waals surface area contributed by atoms with E-state index in [9.17, 15) is 9.59 Å². The maximum atomic E-state index is 12.0. The average molecular weight is 290 g/mol. The molecule has 1 aliphatic heterocycles. The van der Waals surface area contributed by atoms with Crippen LogP contribution in [0.3, 0.4) is 0 Å². The second-order valence-electron chi connectivity index (χ2n) is 4.67. The van der Waals surface area contributed by atoms with Crippen LogP contribution in [-0.2, 0) is 9.53 Å². The smallest absolute Gasteiger partial charge is 0.326 e. The van der Waals surface area contributed by atoms with Crippen molar-refractivity contribution in [2.45, 2.75) is 37.2 Å². The highest BCUT2D eigenvalue weighted by Gasteiger charge is 2.39. The van der Waals surface area contributed by atoms with Gasteiger partial charge in [-0.2, -0.15) is 11.8 Å². The molecule has 7 heteroatoms. The fourth-order valence-corrected chi connectivity index (χ4v) is 2.38. The summed E-state index contributed by atoms with van der Waals surface area (Å²) in [6.07, 6.45) is 3.04. The number of amides is 2. The number of carbonyl (C=O) groups excluding carboxylic acids is 1. The van der Waals surface area contributed by atoms with Gasteiger partial charge in [0.2, 0.25) is 0 Å². The predicted molar refractivity (Wildman–Crippen MR) is 74.5 cm³/mol. The van der Waals surface area contributed by atoms with Gasteiger partial charge in [0, 0.05) is 31.9 Å². The first kappa shape index (κ1) is 16.1. The first-order chi connectivity index (χ1) is 8.99. The number of hydrogen-bond acceptors (Lipinski definition) is 4. The quantitative estimate of drug-likeness (QED) is 0.763. The fourth-order valence-electron chi connectivity index (χ4n) is 2.03. The molecule has 6 nitrogen and oxygen atoms in total. The fraction of sp³-hybridized carbons (Fsp3) is 0.833. The largest absolute Gasteiger partial charge is 0.480 e. The standard InChI is InChI=1S/C12H22N2O4S/c1-8(19-3)4-5-13-12(17)14-7-9(18-2)6-10(14)11(15)16/h8-10H,4-7H2,1-3H3,(H,13,17)(H,15,16). The lowest BCUT2D eigenvalue weighted by molar-refractivity contribution is -0.141. The maximum Gasteiger partial charge on any atom is 0.326 e. The Balaban J connectivity index is 2.47. The van der Waals surface area contributed by atoms with Gasteiger partial charge < -0.3 is 20.1 Å². The zero-order valence-electron chi connectivity index (χ0n) is 11.6. The Hall–Kier alpha value is -0.950. The number of ether oxygens (including phenoxy) is 1. The molecule has 0 aliphatic carbocycles. The van der Waals surface area contributed by atoms with Crippen molar-refractivity contribution in [3.8, 4) is 0 Å². The molecule has 110 valence electrons. The summed E-state index contributed by atoms with van der Waals surface area (Å²) in [4.78, 5) is 24.5. The summed E-state index contributed by atoms with van der Waals surface area (Å²) in [5, 5.41) is 12.4. The average Bonchev–Trinajstić information content (AvgIpc) is 2.82. The van der Waals surface area contributed by atoms with Crippen LogP contribution in [0.15, 0.2) is 0 Å². The van der Waals surface area contributed by atoms with Gasteiger partial charge in [-0.1, -0.05) is 6.92 Å². The predicted octanol–water partition coefficient (Wildman–Crippen LogP) is 1.01. The number of carbonyl (C=O) groups is 2. The van der Waals surface area contributed by atoms with Gasteiger partial charge in [-0.15, -0.1) is 0 Å². The molecule has 1 aliphatic rings. The molecule has 0 bridgehead atoms. The van der Waals surface area contributed by atoms with E-state index in [0.717, 1.165) is 6.42 Å². The molecule has 3 atom stereocenters. The zero-order chi connectivity index (χ0) is 14.4. The van der Waals surface area contributed by atoms with Crippen molar-refractivity contribution in [2.24, 2.45) is 0 Å². The lowest BCUT2D eigenvalue weighted by Gasteiger charge is -2.22. The molecule has 19 heavy (non-hydrogen) atoms. The summed E-state index contributed by atoms with van der Waals surface area (Å²) in [5.74, 6) is -0.979. The van der Waals surface area contributed by atoms with Crippen LogP contribution in [0.25, 0.3) is 0 Å². The molecule has 0 aromatic rings. The zero-order valence-corrected chi connectivity index (χ0v) is 12.4. The first-order valence-corrected chi connectivity index (χ1v) is 7.61. The van der Waals surface area contributed by atoms with Crippen molar-refractivity contribution in [1.29, 1.82) is 0 Å². The van der Waals surface area contributed by atoms with Crippen LogP contribution in [0.2, 0.25) is 0 Å². The molecule has 1 fully saturated rings. The van der Waals surface area contributed by atoms with Crippen molar-refractivity contribution in [1.82, 2.24) is 10.2 Å². The molecule has 1 heterocycles. The van der Waals surface area contributed by atoms with Crippen molar-refractivity contribution in [2.75, 3.05) is 26.5 Å². The minimum atomic E-state index is -0.979. The number of carboxylic acids is 1. The Bertz CT molecular complexity index is 327. The van der Waals surface area contributed by atoms with E-state index in [1.165, 1.54) is 12.0 Å². The molecule has 2 N–H and O–H groups in total. The number of thioether (sulfide) groups is 1. The SMILES string of the molecule is COC1CC(C(=O)O)N(C(=O)NCCC(C)SC)C1. The maximum absolute atomic E-state index is 12.0. The Kier molecular flexibility index (Phi) is 6.44. The van der Waals surface area contributed by atoms with Gasteiger partial charge >= 0.3 is 12.0 Å². The van der Waals surface area contributed by atoms with Crippen LogP contribution in [0.5, 0.6) is 0 Å². The first-order valence-electron chi connectivity index (χ1n) is 6.32. The van der Waals surface area contributed by atoms with Gasteiger partial charge in [-0.25, -0.2) is 9.59 Å². The Morgan fingerprint density at radius 3 is 2.79 bits per heavy atom. The van der Waals surface area contributed by atoms with E-state index in [2.05, 4.69) is 12.2 Å². The van der Waals surface area contributed by atoms with Crippen molar-refractivity contribution in [3.63, 3.8) is 0 Å². The van der Waals surface area contributed by atoms with E-state index in [1.54, 1.807) is 11.8 Å². The van der Waals surface area contributed by atoms with Crippen LogP contribution in [0.1, 0.15) is 19.8 Å². The summed E-state index contributed by atoms with van der Waals surface area (Å²) >= 11 is 1.74. The molecule has 0 spiro atoms. The second-order valence-corrected chi connectivity index (χ2v) is 5.94. The Morgan fingerprint density at radius 1 is 1.58 bits per heavy atom. The number of aliphatic carboxylic acids is 1. The molecule has 0 aromatic carbocycles. The van der Waals surface area contributed by atoms with E-state index < -0.39 is 12.0 Å². The van der Waals surface area contributed by atoms with Crippen molar-refractivity contribution in [3.05, 3.63) is 0 Å². The number of methoxy groups -OCH3 is 1. The van der Waals surface area contributed by atoms with E-state index in [1.807, 2.05) is 6.26 Å². The van der Waals surface area contributed by atoms with Gasteiger partial charge in [0.05, 0.1) is 6.10 Å². The third kappa shape index (κ3) is 4.58. The van der Waals surface area contributed by atoms with Crippen LogP contribution in [0.4, 0.5) is 4.79 Å². The van der Waals surface area contributed by atoms with Crippen LogP contribution < -0.4 is 5.32 Å². The van der Waals surface area contributed by atoms with Gasteiger partial charge in [0.15, 0.2) is 0 Å². The summed E-state index contributed by atoms with van der Waals surface area (Å²) in [6, 6.07) is -1.11. The minimum Gasteiger partial charge on any atom is -0.480 e. The summed E-state index contributed by atoms with van der Waals surface area (Å²) in [7, 11) is 1.53. The number of rotatable bonds is 6. The number of likely N-dealkylation sites (tertiary alicyclic amines) is 1. The minimum absolute atomic E-state index is 0.197. The molecule has 0 radical (unpaired) electrons. The second kappa shape index (κ2) is 7.59. The highest BCUT2D eigenvalue weighted by molar-refractivity contribution is 7.99. The highest BCUT2D eigenvalue weighted by Crippen LogP contribution is 2.20. The third-order valence-corrected chi connectivity index (χ3v) is 4.41. The topological polar surface area (TPSA) is 78.9 Å². The van der Waals surface area contributed by atoms with Crippen LogP contribution in [0, 0.1) is 0 Å². The number of nitrogens with one attached hydrogen (secondary N) is 1. The third-order valence-electron chi connectivity index (χ3n) is 3.37. The number of hydrogen-bond donors (Lipinski definition) is 2. The van der Waals surface area contributed by atoms with E-state index in [0.29, 0.717) is 24.8 Å². The molecule has 0 saturated carbocycles. The Labute approximate surface area is 117 Å². The summed E-state index contributed by atoms with van der Waals surface area (Å²) in [5.41, 5.74) is 0. The lowest BCUT2D eigenvalue weighted by Crippen LogP contribution is -2.46. The number of urea groups is 1. The monoisotopic (exact) mass is 290 g/mol. The molecule has 1 saturated heterocycles. The van der Waals surface area contributed by atoms with Gasteiger partial charge in [-0.05, 0) is 12.7 Å². The van der Waals surface area contributed by atoms with Crippen LogP contribution >= 0.6 is 11.8 Å². The van der Waals surface area contributed by atoms with Crippen molar-refractivity contribution >= 4 is 23.8 Å². The number of carboxylic acid groups (broad SMARTS) is 1. The Morgan fingerprint density at radius 2 is 2.26 bits per heavy atom. The molecule has 1 rings (SSSR count). The van der Waals surface area contributed by atoms with E-state index >= 15 is 0 Å². The van der Waals surface area contributed by atoms with E-state index in [-0.39, 0.29) is 12.1 Å². The lowest BCUT2D eigenvalue weighted by atomic mass is 10.2. The summed E-state index contributed by atoms with van der Waals surface area (Å²) < 4.78 is 5.14. The van der Waals surface area contributed by atoms with Gasteiger partial charge in [0.1, 0.15) is 6.04 Å². The molecule has 2 amide bonds. The number of nitrogens with zero attached hydrogens (tertiary/aromatic N) is 1. The van der Waals surface area contributed by atoms with Gasteiger partial charge in [-0.3, -0.25) is 0 Å². The highest BCUT2D eigenvalue weighted by atomic mass is 32.2. The van der Waals surface area contributed by atoms with E-state index in [4.69, 9.17) is 9.84 Å².